The first-order valence-corrected chi connectivity index (χ1v) is 6.45. The molecule has 0 bridgehead atoms. The monoisotopic (exact) mass is 323 g/mol. The van der Waals surface area contributed by atoms with Gasteiger partial charge in [-0.15, -0.1) is 0 Å². The molecule has 0 aliphatic rings. The number of nitrogens with zero attached hydrogens (tertiary/aromatic N) is 1. The molecule has 2 aromatic rings. The molecule has 120 valence electrons. The minimum Gasteiger partial charge on any atom is -0.480 e. The number of carboxylic acid groups (broad SMARTS) is 1. The zero-order chi connectivity index (χ0) is 17.0. The van der Waals surface area contributed by atoms with Crippen LogP contribution in [0.15, 0.2) is 36.5 Å². The lowest BCUT2D eigenvalue weighted by Crippen LogP contribution is -2.14. The van der Waals surface area contributed by atoms with E-state index in [1.165, 1.54) is 24.4 Å². The maximum absolute atomic E-state index is 12.8. The normalized spacial score (nSPS) is 11.1. The van der Waals surface area contributed by atoms with Crippen LogP contribution in [-0.4, -0.2) is 28.8 Å². The zero-order valence-corrected chi connectivity index (χ0v) is 11.7. The highest BCUT2D eigenvalue weighted by molar-refractivity contribution is 5.86. The van der Waals surface area contributed by atoms with E-state index < -0.39 is 24.3 Å². The van der Waals surface area contributed by atoms with E-state index in [1.54, 1.807) is 0 Å². The van der Waals surface area contributed by atoms with Crippen LogP contribution in [0.2, 0.25) is 0 Å². The van der Waals surface area contributed by atoms with Gasteiger partial charge in [0.05, 0.1) is 11.3 Å². The summed E-state index contributed by atoms with van der Waals surface area (Å²) in [6.45, 7) is -0.394. The number of anilines is 1. The van der Waals surface area contributed by atoms with E-state index in [0.29, 0.717) is 11.1 Å². The van der Waals surface area contributed by atoms with Gasteiger partial charge in [0.2, 0.25) is 0 Å². The molecular weight excluding hydrogens is 311 g/mol. The first-order valence-electron chi connectivity index (χ1n) is 6.45. The number of alkyl halides is 3. The Labute approximate surface area is 129 Å². The first kappa shape index (κ1) is 16.5. The van der Waals surface area contributed by atoms with Crippen LogP contribution < -0.4 is 5.32 Å². The molecule has 0 spiro atoms. The summed E-state index contributed by atoms with van der Waals surface area (Å²) in [6.07, 6.45) is -2.19. The number of hydrogen-bond acceptors (Lipinski definition) is 4. The van der Waals surface area contributed by atoms with E-state index in [0.717, 1.165) is 18.3 Å². The topological polar surface area (TPSA) is 86.1 Å². The van der Waals surface area contributed by atoms with Crippen molar-refractivity contribution >= 4 is 17.9 Å². The Hall–Kier alpha value is -2.90. The van der Waals surface area contributed by atoms with Gasteiger partial charge in [0.1, 0.15) is 12.2 Å². The Morgan fingerprint density at radius 2 is 2.04 bits per heavy atom. The van der Waals surface area contributed by atoms with Crippen LogP contribution in [0.3, 0.4) is 0 Å². The van der Waals surface area contributed by atoms with Crippen LogP contribution >= 0.6 is 0 Å². The number of aliphatic carboxylic acids is 1. The Bertz CT molecular complexity index is 745. The largest absolute Gasteiger partial charge is 0.480 e. The fourth-order valence-electron chi connectivity index (χ4n) is 1.94. The Morgan fingerprint density at radius 3 is 2.65 bits per heavy atom. The van der Waals surface area contributed by atoms with Crippen LogP contribution in [0.1, 0.15) is 11.3 Å². The molecule has 0 unspecified atom stereocenters. The molecule has 1 heterocycles. The molecule has 0 atom stereocenters. The lowest BCUT2D eigenvalue weighted by molar-refractivity contribution is -0.137. The summed E-state index contributed by atoms with van der Waals surface area (Å²) < 4.78 is 38.3. The van der Waals surface area contributed by atoms with Gasteiger partial charge in [0.25, 0.3) is 0 Å². The summed E-state index contributed by atoms with van der Waals surface area (Å²) >= 11 is 0. The SMILES string of the molecule is N=Cc1ncc(-c2cccc(C(F)(F)F)c2)cc1NCC(=O)O. The average molecular weight is 323 g/mol. The minimum atomic E-state index is -4.46. The Morgan fingerprint density at radius 1 is 1.30 bits per heavy atom. The van der Waals surface area contributed by atoms with Crippen molar-refractivity contribution in [2.75, 3.05) is 11.9 Å². The Balaban J connectivity index is 2.42. The van der Waals surface area contributed by atoms with Gasteiger partial charge in [0.15, 0.2) is 0 Å². The molecule has 0 saturated carbocycles. The number of benzene rings is 1. The predicted molar refractivity (Wildman–Crippen MR) is 78.7 cm³/mol. The standard InChI is InChI=1S/C15H12F3N3O2/c16-15(17,18)11-3-1-2-9(4-11)10-5-12(21-8-14(22)23)13(6-19)20-7-10/h1-7,19,21H,8H2,(H,22,23). The predicted octanol–water partition coefficient (Wildman–Crippen LogP) is 3.26. The molecule has 0 saturated heterocycles. The second-order valence-electron chi connectivity index (χ2n) is 4.63. The summed E-state index contributed by atoms with van der Waals surface area (Å²) in [4.78, 5) is 14.6. The number of halogens is 3. The first-order chi connectivity index (χ1) is 10.8. The van der Waals surface area contributed by atoms with Gasteiger partial charge in [-0.05, 0) is 23.8 Å². The van der Waals surface area contributed by atoms with Crippen molar-refractivity contribution in [3.05, 3.63) is 47.8 Å². The molecular formula is C15H12F3N3O2. The number of rotatable bonds is 5. The average Bonchev–Trinajstić information content (AvgIpc) is 2.52. The third-order valence-corrected chi connectivity index (χ3v) is 3.01. The molecule has 8 heteroatoms. The van der Waals surface area contributed by atoms with Crippen LogP contribution in [0.25, 0.3) is 11.1 Å². The maximum atomic E-state index is 12.8. The number of nitrogens with one attached hydrogen (secondary N) is 2. The number of hydrogen-bond donors (Lipinski definition) is 3. The van der Waals surface area contributed by atoms with Crippen molar-refractivity contribution in [2.24, 2.45) is 0 Å². The second kappa shape index (κ2) is 6.47. The number of carbonyl (C=O) groups is 1. The van der Waals surface area contributed by atoms with Gasteiger partial charge in [-0.1, -0.05) is 12.1 Å². The van der Waals surface area contributed by atoms with Crippen LogP contribution in [-0.2, 0) is 11.0 Å². The van der Waals surface area contributed by atoms with Crippen molar-refractivity contribution in [3.8, 4) is 11.1 Å². The van der Waals surface area contributed by atoms with E-state index in [9.17, 15) is 18.0 Å². The van der Waals surface area contributed by atoms with E-state index in [2.05, 4.69) is 10.3 Å². The molecule has 1 aromatic heterocycles. The zero-order valence-electron chi connectivity index (χ0n) is 11.7. The Kier molecular flexibility index (Phi) is 4.63. The molecule has 3 N–H and O–H groups in total. The number of pyridine rings is 1. The molecule has 0 aliphatic heterocycles. The van der Waals surface area contributed by atoms with E-state index >= 15 is 0 Å². The summed E-state index contributed by atoms with van der Waals surface area (Å²) in [5, 5.41) is 18.5. The van der Waals surface area contributed by atoms with Gasteiger partial charge < -0.3 is 15.8 Å². The van der Waals surface area contributed by atoms with E-state index in [1.807, 2.05) is 0 Å². The van der Waals surface area contributed by atoms with Gasteiger partial charge in [-0.25, -0.2) is 0 Å². The van der Waals surface area contributed by atoms with Crippen LogP contribution in [0, 0.1) is 5.41 Å². The number of carboxylic acids is 1. The summed E-state index contributed by atoms with van der Waals surface area (Å²) in [5.74, 6) is -1.11. The molecule has 5 nitrogen and oxygen atoms in total. The van der Waals surface area contributed by atoms with Gasteiger partial charge in [-0.2, -0.15) is 13.2 Å². The highest BCUT2D eigenvalue weighted by atomic mass is 19.4. The smallest absolute Gasteiger partial charge is 0.416 e. The maximum Gasteiger partial charge on any atom is 0.416 e. The van der Waals surface area contributed by atoms with Crippen LogP contribution in [0.5, 0.6) is 0 Å². The molecule has 0 fully saturated rings. The molecule has 0 aliphatic carbocycles. The molecule has 2 rings (SSSR count). The highest BCUT2D eigenvalue weighted by Gasteiger charge is 2.30. The van der Waals surface area contributed by atoms with Crippen LogP contribution in [0.4, 0.5) is 18.9 Å². The third kappa shape index (κ3) is 4.06. The summed E-state index contributed by atoms with van der Waals surface area (Å²) in [7, 11) is 0. The summed E-state index contributed by atoms with van der Waals surface area (Å²) in [6, 6.07) is 6.20. The third-order valence-electron chi connectivity index (χ3n) is 3.01. The lowest BCUT2D eigenvalue weighted by Gasteiger charge is -2.11. The lowest BCUT2D eigenvalue weighted by atomic mass is 10.0. The number of aromatic nitrogens is 1. The fraction of sp³-hybridized carbons (Fsp3) is 0.133. The van der Waals surface area contributed by atoms with Gasteiger partial charge >= 0.3 is 12.1 Å². The van der Waals surface area contributed by atoms with Gasteiger partial charge in [0, 0.05) is 18.0 Å². The fourth-order valence-corrected chi connectivity index (χ4v) is 1.94. The molecule has 23 heavy (non-hydrogen) atoms. The van der Waals surface area contributed by atoms with Gasteiger partial charge in [-0.3, -0.25) is 9.78 Å². The second-order valence-corrected chi connectivity index (χ2v) is 4.63. The van der Waals surface area contributed by atoms with Crippen molar-refractivity contribution < 1.29 is 23.1 Å². The molecule has 0 amide bonds. The summed E-state index contributed by atoms with van der Waals surface area (Å²) in [5.41, 5.74) is 0.349. The van der Waals surface area contributed by atoms with E-state index in [4.69, 9.17) is 10.5 Å². The van der Waals surface area contributed by atoms with Crippen molar-refractivity contribution in [1.29, 1.82) is 5.41 Å². The van der Waals surface area contributed by atoms with Crippen molar-refractivity contribution in [1.82, 2.24) is 4.98 Å². The van der Waals surface area contributed by atoms with E-state index in [-0.39, 0.29) is 11.4 Å². The minimum absolute atomic E-state index is 0.196. The quantitative estimate of drug-likeness (QED) is 0.737. The highest BCUT2D eigenvalue weighted by Crippen LogP contribution is 2.32. The van der Waals surface area contributed by atoms with Crippen molar-refractivity contribution in [2.45, 2.75) is 6.18 Å². The molecule has 0 radical (unpaired) electrons. The molecule has 1 aromatic carbocycles. The van der Waals surface area contributed by atoms with Crippen molar-refractivity contribution in [3.63, 3.8) is 0 Å².